The van der Waals surface area contributed by atoms with Gasteiger partial charge in [-0.05, 0) is 6.42 Å². The lowest BCUT2D eigenvalue weighted by Crippen LogP contribution is -2.37. The first-order chi connectivity index (χ1) is 6.65. The van der Waals surface area contributed by atoms with E-state index in [0.717, 1.165) is 6.42 Å². The van der Waals surface area contributed by atoms with Crippen molar-refractivity contribution in [2.24, 2.45) is 5.73 Å². The quantitative estimate of drug-likeness (QED) is 0.268. The smallest absolute Gasteiger partial charge is 0.326 e. The fourth-order valence-electron chi connectivity index (χ4n) is 0.612. The van der Waals surface area contributed by atoms with Crippen LogP contribution >= 0.6 is 12.6 Å². The molecule has 0 saturated carbocycles. The van der Waals surface area contributed by atoms with Crippen molar-refractivity contribution in [3.63, 3.8) is 0 Å². The van der Waals surface area contributed by atoms with Gasteiger partial charge in [0.2, 0.25) is 0 Å². The average molecular weight is 221 g/mol. The zero-order valence-corrected chi connectivity index (χ0v) is 8.91. The van der Waals surface area contributed by atoms with Gasteiger partial charge in [-0.3, -0.25) is 9.59 Å². The van der Waals surface area contributed by atoms with Crippen LogP contribution in [-0.2, 0) is 19.1 Å². The third-order valence-corrected chi connectivity index (χ3v) is 1.72. The summed E-state index contributed by atoms with van der Waals surface area (Å²) in [5.74, 6) is -0.522. The largest absolute Gasteiger partial charge is 0.427 e. The van der Waals surface area contributed by atoms with Crippen LogP contribution in [0.2, 0.25) is 0 Å². The predicted molar refractivity (Wildman–Crippen MR) is 54.0 cm³/mol. The van der Waals surface area contributed by atoms with E-state index < -0.39 is 18.3 Å². The number of ether oxygens (including phenoxy) is 2. The first kappa shape index (κ1) is 13.4. The molecule has 0 aliphatic rings. The molecule has 0 aliphatic carbocycles. The number of nitrogens with two attached hydrogens (primary N) is 1. The summed E-state index contributed by atoms with van der Waals surface area (Å²) >= 11 is 3.82. The minimum absolute atomic E-state index is 0.165. The molecule has 1 unspecified atom stereocenters. The third-order valence-electron chi connectivity index (χ3n) is 1.33. The van der Waals surface area contributed by atoms with E-state index in [1.165, 1.54) is 0 Å². The van der Waals surface area contributed by atoms with Gasteiger partial charge >= 0.3 is 5.97 Å². The molecule has 0 radical (unpaired) electrons. The molecule has 6 heteroatoms. The van der Waals surface area contributed by atoms with Gasteiger partial charge in [0, 0.05) is 5.75 Å². The van der Waals surface area contributed by atoms with Crippen molar-refractivity contribution in [1.29, 1.82) is 0 Å². The Labute approximate surface area is 88.3 Å². The molecule has 0 heterocycles. The maximum absolute atomic E-state index is 11.1. The van der Waals surface area contributed by atoms with Crippen molar-refractivity contribution in [2.45, 2.75) is 25.7 Å². The molecule has 0 bridgehead atoms. The lowest BCUT2D eigenvalue weighted by Gasteiger charge is -2.14. The second kappa shape index (κ2) is 7.78. The molecule has 0 spiro atoms. The summed E-state index contributed by atoms with van der Waals surface area (Å²) < 4.78 is 9.57. The summed E-state index contributed by atoms with van der Waals surface area (Å²) in [7, 11) is 0. The zero-order chi connectivity index (χ0) is 11.0. The van der Waals surface area contributed by atoms with E-state index in [1.54, 1.807) is 0 Å². The fraction of sp³-hybridized carbons (Fsp3) is 0.750. The molecule has 0 aromatic heterocycles. The second-order valence-corrected chi connectivity index (χ2v) is 2.97. The number of hydrogen-bond acceptors (Lipinski definition) is 6. The first-order valence-corrected chi connectivity index (χ1v) is 4.92. The van der Waals surface area contributed by atoms with Crippen molar-refractivity contribution in [2.75, 3.05) is 12.4 Å². The zero-order valence-electron chi connectivity index (χ0n) is 8.01. The van der Waals surface area contributed by atoms with Crippen LogP contribution < -0.4 is 5.73 Å². The molecule has 2 N–H and O–H groups in total. The van der Waals surface area contributed by atoms with E-state index >= 15 is 0 Å². The minimum Gasteiger partial charge on any atom is -0.427 e. The molecule has 0 saturated heterocycles. The summed E-state index contributed by atoms with van der Waals surface area (Å²) in [4.78, 5) is 21.5. The number of rotatable bonds is 7. The number of thiol groups is 1. The predicted octanol–water partition coefficient (Wildman–Crippen LogP) is -0.262. The van der Waals surface area contributed by atoms with E-state index in [0.29, 0.717) is 12.9 Å². The van der Waals surface area contributed by atoms with Crippen LogP contribution in [0.5, 0.6) is 0 Å². The number of aldehydes is 1. The molecule has 5 nitrogen and oxygen atoms in total. The van der Waals surface area contributed by atoms with Crippen molar-refractivity contribution in [3.05, 3.63) is 0 Å². The van der Waals surface area contributed by atoms with Gasteiger partial charge in [-0.25, -0.2) is 0 Å². The van der Waals surface area contributed by atoms with Gasteiger partial charge in [-0.2, -0.15) is 12.6 Å². The van der Waals surface area contributed by atoms with Gasteiger partial charge in [0.15, 0.2) is 6.29 Å². The van der Waals surface area contributed by atoms with Crippen molar-refractivity contribution >= 4 is 24.9 Å². The molecule has 0 aliphatic heterocycles. The highest BCUT2D eigenvalue weighted by Gasteiger charge is 2.18. The maximum atomic E-state index is 11.1. The standard InChI is InChI=1S/C8H15NO4S/c1-2-3-12-7(4-10)13-8(11)6(9)5-14/h4,6-7,14H,2-3,5,9H2,1H3/t6-,7?/m0/s1. The van der Waals surface area contributed by atoms with Crippen LogP contribution in [-0.4, -0.2) is 36.9 Å². The highest BCUT2D eigenvalue weighted by atomic mass is 32.1. The monoisotopic (exact) mass is 221 g/mol. The number of hydrogen-bond donors (Lipinski definition) is 2. The summed E-state index contributed by atoms with van der Waals surface area (Å²) in [6.07, 6.45) is -0.00681. The Bertz CT molecular complexity index is 188. The van der Waals surface area contributed by atoms with E-state index in [-0.39, 0.29) is 5.75 Å². The molecule has 82 valence electrons. The fourth-order valence-corrected chi connectivity index (χ4v) is 0.761. The Kier molecular flexibility index (Phi) is 7.45. The Hall–Kier alpha value is -0.590. The molecule has 0 fully saturated rings. The summed E-state index contributed by atoms with van der Waals surface area (Å²) in [5.41, 5.74) is 5.33. The molecule has 0 amide bonds. The molecule has 0 aromatic rings. The minimum atomic E-state index is -1.16. The second-order valence-electron chi connectivity index (χ2n) is 2.60. The Balaban J connectivity index is 3.91. The summed E-state index contributed by atoms with van der Waals surface area (Å²) in [6, 6.07) is -0.828. The maximum Gasteiger partial charge on any atom is 0.326 e. The summed E-state index contributed by atoms with van der Waals surface area (Å²) in [5, 5.41) is 0. The van der Waals surface area contributed by atoms with Gasteiger partial charge in [-0.1, -0.05) is 6.92 Å². The average Bonchev–Trinajstić information content (AvgIpc) is 2.22. The van der Waals surface area contributed by atoms with Crippen molar-refractivity contribution in [3.8, 4) is 0 Å². The lowest BCUT2D eigenvalue weighted by atomic mass is 10.4. The van der Waals surface area contributed by atoms with Crippen LogP contribution in [0.4, 0.5) is 0 Å². The van der Waals surface area contributed by atoms with E-state index in [2.05, 4.69) is 17.4 Å². The van der Waals surface area contributed by atoms with E-state index in [1.807, 2.05) is 6.92 Å². The Morgan fingerprint density at radius 2 is 2.29 bits per heavy atom. The topological polar surface area (TPSA) is 78.6 Å². The Morgan fingerprint density at radius 3 is 2.71 bits per heavy atom. The van der Waals surface area contributed by atoms with Gasteiger partial charge in [0.05, 0.1) is 6.61 Å². The van der Waals surface area contributed by atoms with Crippen LogP contribution in [0.25, 0.3) is 0 Å². The lowest BCUT2D eigenvalue weighted by molar-refractivity contribution is -0.179. The van der Waals surface area contributed by atoms with Gasteiger partial charge in [-0.15, -0.1) is 0 Å². The summed E-state index contributed by atoms with van der Waals surface area (Å²) in [6.45, 7) is 2.23. The van der Waals surface area contributed by atoms with Crippen LogP contribution in [0.15, 0.2) is 0 Å². The van der Waals surface area contributed by atoms with E-state index in [4.69, 9.17) is 10.5 Å². The third kappa shape index (κ3) is 5.21. The van der Waals surface area contributed by atoms with Crippen molar-refractivity contribution < 1.29 is 19.1 Å². The molecule has 14 heavy (non-hydrogen) atoms. The highest BCUT2D eigenvalue weighted by molar-refractivity contribution is 7.80. The number of carbonyl (C=O) groups excluding carboxylic acids is 2. The number of esters is 1. The van der Waals surface area contributed by atoms with Crippen LogP contribution in [0, 0.1) is 0 Å². The van der Waals surface area contributed by atoms with E-state index in [9.17, 15) is 9.59 Å². The first-order valence-electron chi connectivity index (χ1n) is 4.29. The number of carbonyl (C=O) groups is 2. The molecule has 0 rings (SSSR count). The highest BCUT2D eigenvalue weighted by Crippen LogP contribution is 1.97. The molecular formula is C8H15NO4S. The Morgan fingerprint density at radius 1 is 1.64 bits per heavy atom. The van der Waals surface area contributed by atoms with Crippen LogP contribution in [0.3, 0.4) is 0 Å². The molecule has 0 aromatic carbocycles. The normalized spacial score (nSPS) is 14.5. The van der Waals surface area contributed by atoms with Gasteiger partial charge in [0.25, 0.3) is 6.29 Å². The SMILES string of the molecule is CCCOC(C=O)OC(=O)[C@@H](N)CS. The van der Waals surface area contributed by atoms with Gasteiger partial charge in [0.1, 0.15) is 6.04 Å². The van der Waals surface area contributed by atoms with Crippen molar-refractivity contribution in [1.82, 2.24) is 0 Å². The van der Waals surface area contributed by atoms with Gasteiger partial charge < -0.3 is 15.2 Å². The molecule has 2 atom stereocenters. The van der Waals surface area contributed by atoms with Crippen LogP contribution in [0.1, 0.15) is 13.3 Å². The molecular weight excluding hydrogens is 206 g/mol.